The zero-order valence-electron chi connectivity index (χ0n) is 11.1. The van der Waals surface area contributed by atoms with Gasteiger partial charge in [-0.2, -0.15) is 0 Å². The van der Waals surface area contributed by atoms with Gasteiger partial charge >= 0.3 is 0 Å². The lowest BCUT2D eigenvalue weighted by molar-refractivity contribution is 0.725. The SMILES string of the molecule is S=C(Nc1ccccc1)C1(c2ccccn2)CCCS1. The van der Waals surface area contributed by atoms with Crippen molar-refractivity contribution in [1.82, 2.24) is 4.98 Å². The molecule has 1 aromatic carbocycles. The molecule has 0 spiro atoms. The first-order chi connectivity index (χ1) is 9.81. The molecule has 2 nitrogen and oxygen atoms in total. The monoisotopic (exact) mass is 300 g/mol. The number of thioether (sulfide) groups is 1. The van der Waals surface area contributed by atoms with Gasteiger partial charge in [-0.25, -0.2) is 0 Å². The van der Waals surface area contributed by atoms with Crippen molar-refractivity contribution in [3.05, 3.63) is 60.4 Å². The fourth-order valence-corrected chi connectivity index (χ4v) is 4.37. The lowest BCUT2D eigenvalue weighted by Gasteiger charge is -2.29. The first-order valence-corrected chi connectivity index (χ1v) is 8.13. The Labute approximate surface area is 129 Å². The Balaban J connectivity index is 1.89. The van der Waals surface area contributed by atoms with Crippen LogP contribution in [0, 0.1) is 0 Å². The Morgan fingerprint density at radius 3 is 2.60 bits per heavy atom. The number of nitrogens with zero attached hydrogens (tertiary/aromatic N) is 1. The second-order valence-corrected chi connectivity index (χ2v) is 6.62. The third-order valence-corrected chi connectivity index (χ3v) is 5.68. The van der Waals surface area contributed by atoms with Crippen LogP contribution >= 0.6 is 24.0 Å². The number of rotatable bonds is 3. The van der Waals surface area contributed by atoms with Crippen molar-refractivity contribution in [1.29, 1.82) is 0 Å². The van der Waals surface area contributed by atoms with Gasteiger partial charge < -0.3 is 5.32 Å². The summed E-state index contributed by atoms with van der Waals surface area (Å²) in [7, 11) is 0. The molecule has 102 valence electrons. The highest BCUT2D eigenvalue weighted by Gasteiger charge is 2.42. The standard InChI is InChI=1S/C16H16N2S2/c19-15(18-13-7-2-1-3-8-13)16(10-6-12-20-16)14-9-4-5-11-17-14/h1-5,7-9,11H,6,10,12H2,(H,18,19). The molecule has 0 radical (unpaired) electrons. The third-order valence-electron chi connectivity index (χ3n) is 3.50. The average molecular weight is 300 g/mol. The van der Waals surface area contributed by atoms with Gasteiger partial charge in [-0.15, -0.1) is 11.8 Å². The van der Waals surface area contributed by atoms with Gasteiger partial charge in [-0.3, -0.25) is 4.98 Å². The fourth-order valence-electron chi connectivity index (χ4n) is 2.49. The number of benzene rings is 1. The molecule has 2 heterocycles. The number of thiocarbonyl (C=S) groups is 1. The second-order valence-electron chi connectivity index (χ2n) is 4.81. The Morgan fingerprint density at radius 2 is 1.95 bits per heavy atom. The van der Waals surface area contributed by atoms with E-state index in [0.717, 1.165) is 28.5 Å². The molecule has 4 heteroatoms. The fraction of sp³-hybridized carbons (Fsp3) is 0.250. The molecule has 3 rings (SSSR count). The van der Waals surface area contributed by atoms with Crippen LogP contribution in [0.25, 0.3) is 0 Å². The minimum Gasteiger partial charge on any atom is -0.349 e. The molecule has 1 unspecified atom stereocenters. The molecular weight excluding hydrogens is 284 g/mol. The molecule has 0 aliphatic carbocycles. The zero-order chi connectivity index (χ0) is 13.8. The van der Waals surface area contributed by atoms with Crippen molar-refractivity contribution in [2.75, 3.05) is 11.1 Å². The van der Waals surface area contributed by atoms with Crippen molar-refractivity contribution in [2.45, 2.75) is 17.6 Å². The van der Waals surface area contributed by atoms with Gasteiger partial charge in [0.15, 0.2) is 0 Å². The van der Waals surface area contributed by atoms with Gasteiger partial charge in [0.25, 0.3) is 0 Å². The summed E-state index contributed by atoms with van der Waals surface area (Å²) in [6, 6.07) is 16.2. The highest BCUT2D eigenvalue weighted by atomic mass is 32.2. The molecule has 1 fully saturated rings. The summed E-state index contributed by atoms with van der Waals surface area (Å²) < 4.78 is -0.174. The van der Waals surface area contributed by atoms with Crippen LogP contribution in [0.1, 0.15) is 18.5 Å². The summed E-state index contributed by atoms with van der Waals surface area (Å²) in [4.78, 5) is 5.41. The predicted octanol–water partition coefficient (Wildman–Crippen LogP) is 4.24. The number of hydrogen-bond donors (Lipinski definition) is 1. The Morgan fingerprint density at radius 1 is 1.15 bits per heavy atom. The zero-order valence-corrected chi connectivity index (χ0v) is 12.7. The van der Waals surface area contributed by atoms with E-state index in [9.17, 15) is 0 Å². The maximum absolute atomic E-state index is 5.72. The van der Waals surface area contributed by atoms with Crippen LogP contribution in [0.3, 0.4) is 0 Å². The van der Waals surface area contributed by atoms with Crippen LogP contribution in [0.2, 0.25) is 0 Å². The first-order valence-electron chi connectivity index (χ1n) is 6.73. The Bertz CT molecular complexity index is 578. The smallest absolute Gasteiger partial charge is 0.108 e. The van der Waals surface area contributed by atoms with E-state index in [-0.39, 0.29) is 4.75 Å². The Kier molecular flexibility index (Phi) is 4.03. The predicted molar refractivity (Wildman–Crippen MR) is 90.3 cm³/mol. The first kappa shape index (κ1) is 13.6. The van der Waals surface area contributed by atoms with Crippen molar-refractivity contribution in [3.63, 3.8) is 0 Å². The van der Waals surface area contributed by atoms with Gasteiger partial charge in [0.2, 0.25) is 0 Å². The van der Waals surface area contributed by atoms with Gasteiger partial charge in [0.1, 0.15) is 9.74 Å². The highest BCUT2D eigenvalue weighted by Crippen LogP contribution is 2.47. The lowest BCUT2D eigenvalue weighted by atomic mass is 9.98. The molecule has 1 aromatic heterocycles. The Hall–Kier alpha value is -1.39. The van der Waals surface area contributed by atoms with E-state index in [1.807, 2.05) is 60.4 Å². The van der Waals surface area contributed by atoms with E-state index < -0.39 is 0 Å². The normalized spacial score (nSPS) is 21.6. The molecular formula is C16H16N2S2. The topological polar surface area (TPSA) is 24.9 Å². The number of pyridine rings is 1. The maximum atomic E-state index is 5.72. The van der Waals surface area contributed by atoms with E-state index in [1.54, 1.807) is 0 Å². The number of anilines is 1. The van der Waals surface area contributed by atoms with Gasteiger partial charge in [0.05, 0.1) is 5.69 Å². The molecule has 1 aliphatic heterocycles. The summed E-state index contributed by atoms with van der Waals surface area (Å²) in [6.07, 6.45) is 4.08. The molecule has 1 saturated heterocycles. The van der Waals surface area contributed by atoms with Gasteiger partial charge in [0, 0.05) is 11.9 Å². The van der Waals surface area contributed by atoms with Crippen molar-refractivity contribution < 1.29 is 0 Å². The molecule has 20 heavy (non-hydrogen) atoms. The quantitative estimate of drug-likeness (QED) is 0.857. The van der Waals surface area contributed by atoms with Crippen LogP contribution in [0.4, 0.5) is 5.69 Å². The van der Waals surface area contributed by atoms with Crippen LogP contribution in [0.5, 0.6) is 0 Å². The van der Waals surface area contributed by atoms with Gasteiger partial charge in [-0.1, -0.05) is 36.5 Å². The van der Waals surface area contributed by atoms with Crippen molar-refractivity contribution in [3.8, 4) is 0 Å². The van der Waals surface area contributed by atoms with E-state index in [4.69, 9.17) is 12.2 Å². The minimum atomic E-state index is -0.174. The van der Waals surface area contributed by atoms with Crippen LogP contribution in [-0.2, 0) is 4.75 Å². The van der Waals surface area contributed by atoms with Crippen LogP contribution < -0.4 is 5.32 Å². The molecule has 0 bridgehead atoms. The summed E-state index contributed by atoms with van der Waals surface area (Å²) >= 11 is 7.62. The summed E-state index contributed by atoms with van der Waals surface area (Å²) in [5, 5.41) is 3.39. The lowest BCUT2D eigenvalue weighted by Crippen LogP contribution is -2.34. The summed E-state index contributed by atoms with van der Waals surface area (Å²) in [6.45, 7) is 0. The molecule has 2 aromatic rings. The molecule has 1 N–H and O–H groups in total. The van der Waals surface area contributed by atoms with Crippen LogP contribution in [-0.4, -0.2) is 15.7 Å². The minimum absolute atomic E-state index is 0.174. The van der Waals surface area contributed by atoms with E-state index in [1.165, 1.54) is 6.42 Å². The number of para-hydroxylation sites is 1. The number of hydrogen-bond acceptors (Lipinski definition) is 3. The highest BCUT2D eigenvalue weighted by molar-refractivity contribution is 8.02. The van der Waals surface area contributed by atoms with Gasteiger partial charge in [-0.05, 0) is 42.9 Å². The van der Waals surface area contributed by atoms with Crippen molar-refractivity contribution >= 4 is 34.7 Å². The van der Waals surface area contributed by atoms with E-state index in [0.29, 0.717) is 0 Å². The number of nitrogens with one attached hydrogen (secondary N) is 1. The molecule has 1 atom stereocenters. The van der Waals surface area contributed by atoms with E-state index in [2.05, 4.69) is 16.4 Å². The van der Waals surface area contributed by atoms with Crippen molar-refractivity contribution in [2.24, 2.45) is 0 Å². The van der Waals surface area contributed by atoms with Crippen LogP contribution in [0.15, 0.2) is 54.7 Å². The molecule has 0 amide bonds. The number of aromatic nitrogens is 1. The summed E-state index contributed by atoms with van der Waals surface area (Å²) in [5.41, 5.74) is 2.11. The largest absolute Gasteiger partial charge is 0.349 e. The average Bonchev–Trinajstić information content (AvgIpc) is 3.00. The van der Waals surface area contributed by atoms with E-state index >= 15 is 0 Å². The maximum Gasteiger partial charge on any atom is 0.108 e. The second kappa shape index (κ2) is 5.94. The molecule has 0 saturated carbocycles. The molecule has 1 aliphatic rings. The third kappa shape index (κ3) is 2.58. The summed E-state index contributed by atoms with van der Waals surface area (Å²) in [5.74, 6) is 1.13.